The molecule has 0 aliphatic rings. The van der Waals surface area contributed by atoms with E-state index in [9.17, 15) is 0 Å². The van der Waals surface area contributed by atoms with Crippen molar-refractivity contribution in [3.05, 3.63) is 72.3 Å². The van der Waals surface area contributed by atoms with Crippen LogP contribution in [0.15, 0.2) is 66.7 Å². The molecule has 0 bridgehead atoms. The molecule has 0 aliphatic carbocycles. The summed E-state index contributed by atoms with van der Waals surface area (Å²) in [7, 11) is 0. The maximum Gasteiger partial charge on any atom is 0.0463 e. The summed E-state index contributed by atoms with van der Waals surface area (Å²) >= 11 is 0. The van der Waals surface area contributed by atoms with Crippen molar-refractivity contribution >= 4 is 22.1 Å². The minimum atomic E-state index is 0.162. The van der Waals surface area contributed by atoms with Crippen LogP contribution in [-0.4, -0.2) is 0 Å². The fraction of sp³-hybridized carbons (Fsp3) is 0.333. The van der Waals surface area contributed by atoms with Crippen LogP contribution in [-0.2, 0) is 5.41 Å². The Bertz CT molecular complexity index is 854. The van der Waals surface area contributed by atoms with Crippen molar-refractivity contribution in [2.24, 2.45) is 5.41 Å². The van der Waals surface area contributed by atoms with Gasteiger partial charge in [0.2, 0.25) is 0 Å². The van der Waals surface area contributed by atoms with Crippen LogP contribution in [0.5, 0.6) is 0 Å². The Morgan fingerprint density at radius 3 is 2.16 bits per heavy atom. The molecule has 3 rings (SSSR count). The molecule has 0 aliphatic heterocycles. The van der Waals surface area contributed by atoms with Crippen molar-refractivity contribution in [3.63, 3.8) is 0 Å². The summed E-state index contributed by atoms with van der Waals surface area (Å²) in [6, 6.07) is 23.8. The van der Waals surface area contributed by atoms with E-state index in [0.717, 1.165) is 17.8 Å². The molecule has 0 fully saturated rings. The highest BCUT2D eigenvalue weighted by Crippen LogP contribution is 2.38. The monoisotopic (exact) mass is 331 g/mol. The molecule has 1 N–H and O–H groups in total. The Balaban J connectivity index is 1.97. The molecule has 130 valence electrons. The number of anilines is 2. The van der Waals surface area contributed by atoms with E-state index >= 15 is 0 Å². The van der Waals surface area contributed by atoms with Crippen LogP contribution >= 0.6 is 0 Å². The zero-order valence-corrected chi connectivity index (χ0v) is 16.1. The summed E-state index contributed by atoms with van der Waals surface area (Å²) < 4.78 is 0. The Kier molecular flexibility index (Phi) is 4.60. The van der Waals surface area contributed by atoms with Gasteiger partial charge in [-0.2, -0.15) is 0 Å². The maximum absolute atomic E-state index is 3.54. The Morgan fingerprint density at radius 1 is 0.760 bits per heavy atom. The van der Waals surface area contributed by atoms with E-state index in [0.29, 0.717) is 5.41 Å². The number of hydrogen-bond donors (Lipinski definition) is 1. The average molecular weight is 332 g/mol. The van der Waals surface area contributed by atoms with Gasteiger partial charge in [-0.3, -0.25) is 0 Å². The highest BCUT2D eigenvalue weighted by atomic mass is 14.9. The standard InChI is InChI=1S/C24H29N/c1-23(2,3)17-24(4,5)19-14-15-21-18(16-19)10-9-13-22(21)25-20-11-7-6-8-12-20/h6-16,25H,17H2,1-5H3. The van der Waals surface area contributed by atoms with Gasteiger partial charge < -0.3 is 5.32 Å². The SMILES string of the molecule is CC(C)(C)CC(C)(C)c1ccc2c(Nc3ccccc3)cccc2c1. The number of hydrogen-bond acceptors (Lipinski definition) is 1. The zero-order valence-electron chi connectivity index (χ0n) is 16.1. The van der Waals surface area contributed by atoms with Crippen molar-refractivity contribution < 1.29 is 0 Å². The first-order chi connectivity index (χ1) is 11.7. The summed E-state index contributed by atoms with van der Waals surface area (Å²) in [6.45, 7) is 11.7. The molecule has 0 unspecified atom stereocenters. The lowest BCUT2D eigenvalue weighted by atomic mass is 9.72. The second-order valence-corrected chi connectivity index (χ2v) is 8.85. The Hall–Kier alpha value is -2.28. The largest absolute Gasteiger partial charge is 0.355 e. The average Bonchev–Trinajstić information content (AvgIpc) is 2.53. The molecule has 0 atom stereocenters. The predicted octanol–water partition coefficient (Wildman–Crippen LogP) is 7.30. The summed E-state index contributed by atoms with van der Waals surface area (Å²) in [5.41, 5.74) is 4.16. The molecule has 3 aromatic carbocycles. The third kappa shape index (κ3) is 4.22. The van der Waals surface area contributed by atoms with E-state index in [1.165, 1.54) is 16.3 Å². The van der Waals surface area contributed by atoms with Crippen molar-refractivity contribution in [1.82, 2.24) is 0 Å². The summed E-state index contributed by atoms with van der Waals surface area (Å²) in [4.78, 5) is 0. The van der Waals surface area contributed by atoms with Crippen molar-refractivity contribution in [3.8, 4) is 0 Å². The predicted molar refractivity (Wildman–Crippen MR) is 111 cm³/mol. The minimum absolute atomic E-state index is 0.162. The van der Waals surface area contributed by atoms with Crippen LogP contribution in [0.3, 0.4) is 0 Å². The molecule has 1 heteroatoms. The van der Waals surface area contributed by atoms with Gasteiger partial charge >= 0.3 is 0 Å². The molecule has 3 aromatic rings. The lowest BCUT2D eigenvalue weighted by Gasteiger charge is -2.33. The molecule has 0 radical (unpaired) electrons. The normalized spacial score (nSPS) is 12.4. The number of rotatable bonds is 4. The lowest BCUT2D eigenvalue weighted by Crippen LogP contribution is -2.24. The van der Waals surface area contributed by atoms with Crippen molar-refractivity contribution in [2.45, 2.75) is 46.5 Å². The highest BCUT2D eigenvalue weighted by Gasteiger charge is 2.27. The minimum Gasteiger partial charge on any atom is -0.355 e. The van der Waals surface area contributed by atoms with E-state index in [1.54, 1.807) is 0 Å². The second-order valence-electron chi connectivity index (χ2n) is 8.85. The number of fused-ring (bicyclic) bond motifs is 1. The summed E-state index contributed by atoms with van der Waals surface area (Å²) in [6.07, 6.45) is 1.16. The molecule has 25 heavy (non-hydrogen) atoms. The molecule has 0 saturated carbocycles. The van der Waals surface area contributed by atoms with Crippen molar-refractivity contribution in [1.29, 1.82) is 0 Å². The van der Waals surface area contributed by atoms with Crippen LogP contribution in [0.1, 0.15) is 46.6 Å². The lowest BCUT2D eigenvalue weighted by molar-refractivity contribution is 0.284. The number of nitrogens with one attached hydrogen (secondary N) is 1. The van der Waals surface area contributed by atoms with E-state index in [2.05, 4.69) is 101 Å². The smallest absolute Gasteiger partial charge is 0.0463 e. The van der Waals surface area contributed by atoms with Crippen LogP contribution in [0.2, 0.25) is 0 Å². The van der Waals surface area contributed by atoms with Gasteiger partial charge in [0, 0.05) is 16.8 Å². The van der Waals surface area contributed by atoms with Gasteiger partial charge in [-0.15, -0.1) is 0 Å². The van der Waals surface area contributed by atoms with Gasteiger partial charge in [0.25, 0.3) is 0 Å². The topological polar surface area (TPSA) is 12.0 Å². The van der Waals surface area contributed by atoms with Gasteiger partial charge in [-0.25, -0.2) is 0 Å². The fourth-order valence-corrected chi connectivity index (χ4v) is 3.92. The molecular formula is C24H29N. The van der Waals surface area contributed by atoms with E-state index in [1.807, 2.05) is 6.07 Å². The molecule has 0 heterocycles. The zero-order chi connectivity index (χ0) is 18.1. The Labute approximate surface area is 152 Å². The quantitative estimate of drug-likeness (QED) is 0.529. The first-order valence-electron chi connectivity index (χ1n) is 9.10. The van der Waals surface area contributed by atoms with Gasteiger partial charge in [-0.05, 0) is 46.4 Å². The van der Waals surface area contributed by atoms with Crippen LogP contribution in [0.4, 0.5) is 11.4 Å². The molecule has 0 amide bonds. The highest BCUT2D eigenvalue weighted by molar-refractivity contribution is 5.95. The van der Waals surface area contributed by atoms with E-state index in [4.69, 9.17) is 0 Å². The molecule has 0 aromatic heterocycles. The van der Waals surface area contributed by atoms with Crippen LogP contribution in [0.25, 0.3) is 10.8 Å². The first-order valence-corrected chi connectivity index (χ1v) is 9.10. The number of para-hydroxylation sites is 1. The van der Waals surface area contributed by atoms with Gasteiger partial charge in [0.15, 0.2) is 0 Å². The van der Waals surface area contributed by atoms with E-state index in [-0.39, 0.29) is 5.41 Å². The molecule has 1 nitrogen and oxygen atoms in total. The Morgan fingerprint density at radius 2 is 1.48 bits per heavy atom. The van der Waals surface area contributed by atoms with Gasteiger partial charge in [0.1, 0.15) is 0 Å². The summed E-state index contributed by atoms with van der Waals surface area (Å²) in [5.74, 6) is 0. The number of benzene rings is 3. The fourth-order valence-electron chi connectivity index (χ4n) is 3.92. The molecular weight excluding hydrogens is 302 g/mol. The third-order valence-electron chi connectivity index (χ3n) is 4.69. The molecule has 0 spiro atoms. The van der Waals surface area contributed by atoms with Gasteiger partial charge in [-0.1, -0.05) is 83.1 Å². The third-order valence-corrected chi connectivity index (χ3v) is 4.69. The second kappa shape index (κ2) is 6.55. The van der Waals surface area contributed by atoms with Crippen LogP contribution < -0.4 is 5.32 Å². The molecule has 0 saturated heterocycles. The first kappa shape index (κ1) is 17.5. The van der Waals surface area contributed by atoms with Crippen LogP contribution in [0, 0.1) is 5.41 Å². The van der Waals surface area contributed by atoms with Crippen molar-refractivity contribution in [2.75, 3.05) is 5.32 Å². The van der Waals surface area contributed by atoms with Gasteiger partial charge in [0.05, 0.1) is 0 Å². The summed E-state index contributed by atoms with van der Waals surface area (Å²) in [5, 5.41) is 6.10. The van der Waals surface area contributed by atoms with E-state index < -0.39 is 0 Å². The maximum atomic E-state index is 3.54.